The summed E-state index contributed by atoms with van der Waals surface area (Å²) in [4.78, 5) is 137. The molecule has 5 heterocycles. The predicted octanol–water partition coefficient (Wildman–Crippen LogP) is 2.93. The highest BCUT2D eigenvalue weighted by molar-refractivity contribution is 6.03. The molecule has 432 valence electrons. The molecule has 22 heteroatoms. The number of halogens is 1. The number of hydrogen-bond donors (Lipinski definition) is 6. The average molecular weight is 1120 g/mol. The number of aryl methyl sites for hydroxylation is 1. The van der Waals surface area contributed by atoms with Crippen molar-refractivity contribution < 1.29 is 62.5 Å². The molecule has 6 N–H and O–H groups in total. The Kier molecular flexibility index (Phi) is 19.4. The number of Topliss-reactive ketones (excluding diaryl/α,β-unsaturated/α-hetero) is 2. The van der Waals surface area contributed by atoms with Gasteiger partial charge in [0.05, 0.1) is 54.2 Å². The number of carbonyl (C=O) groups excluding carboxylic acids is 9. The van der Waals surface area contributed by atoms with Gasteiger partial charge in [0.15, 0.2) is 17.2 Å². The van der Waals surface area contributed by atoms with Crippen molar-refractivity contribution in [1.29, 1.82) is 0 Å². The quantitative estimate of drug-likeness (QED) is 0.0239. The van der Waals surface area contributed by atoms with Crippen LogP contribution in [0, 0.1) is 18.7 Å². The van der Waals surface area contributed by atoms with E-state index < -0.39 is 52.6 Å². The van der Waals surface area contributed by atoms with E-state index in [9.17, 15) is 58.2 Å². The zero-order valence-electron chi connectivity index (χ0n) is 46.1. The fourth-order valence-corrected chi connectivity index (χ4v) is 11.4. The zero-order chi connectivity index (χ0) is 58.1. The molecule has 21 nitrogen and oxygen atoms in total. The molecule has 2 aromatic carbocycles. The van der Waals surface area contributed by atoms with Gasteiger partial charge in [0.2, 0.25) is 35.4 Å². The minimum absolute atomic E-state index is 0.0109. The summed E-state index contributed by atoms with van der Waals surface area (Å²) in [5.41, 5.74) is 2.27. The van der Waals surface area contributed by atoms with Gasteiger partial charge in [-0.2, -0.15) is 0 Å². The van der Waals surface area contributed by atoms with Crippen molar-refractivity contribution >= 4 is 63.9 Å². The van der Waals surface area contributed by atoms with Crippen LogP contribution in [0.2, 0.25) is 0 Å². The normalized spacial score (nSPS) is 18.3. The molecule has 0 saturated carbocycles. The lowest BCUT2D eigenvalue weighted by Crippen LogP contribution is -2.44. The van der Waals surface area contributed by atoms with E-state index in [0.717, 1.165) is 11.1 Å². The second kappa shape index (κ2) is 26.4. The number of aliphatic hydroxyl groups excluding tert-OH is 1. The van der Waals surface area contributed by atoms with E-state index in [1.807, 2.05) is 11.0 Å². The number of carbonyl (C=O) groups is 9. The SMILES string of the molecule is CC[C@@]1(O)C(=O)OCc2c1cc1n(c2=O)Cc2c-1nc1cc(F)c(C)c3c1c2[C@@H](NC(=O)CCN(CCO)CCNC(=O)CCC(=O)C(Cc1ccccc1)NC(=O)CCC(=O)CNC(=O)CCCCCN1C(=O)CC(C)C1=O)CC3. The number of hydrogen-bond acceptors (Lipinski definition) is 15. The molecule has 4 atom stereocenters. The number of likely N-dealkylation sites (tertiary alicyclic amines) is 1. The first kappa shape index (κ1) is 59.6. The fourth-order valence-electron chi connectivity index (χ4n) is 11.4. The van der Waals surface area contributed by atoms with E-state index in [0.29, 0.717) is 77.6 Å². The van der Waals surface area contributed by atoms with Gasteiger partial charge in [-0.25, -0.2) is 14.2 Å². The Morgan fingerprint density at radius 1 is 0.877 bits per heavy atom. The molecule has 2 aromatic heterocycles. The van der Waals surface area contributed by atoms with Crippen LogP contribution < -0.4 is 26.8 Å². The molecule has 0 spiro atoms. The highest BCUT2D eigenvalue weighted by atomic mass is 19.1. The number of benzene rings is 2. The summed E-state index contributed by atoms with van der Waals surface area (Å²) >= 11 is 0. The number of amides is 6. The zero-order valence-corrected chi connectivity index (χ0v) is 46.1. The van der Waals surface area contributed by atoms with Crippen LogP contribution in [0.1, 0.15) is 136 Å². The van der Waals surface area contributed by atoms with Gasteiger partial charge in [0.1, 0.15) is 12.4 Å². The third-order valence-corrected chi connectivity index (χ3v) is 16.0. The highest BCUT2D eigenvalue weighted by Gasteiger charge is 2.46. The van der Waals surface area contributed by atoms with Crippen molar-refractivity contribution in [2.24, 2.45) is 5.92 Å². The molecule has 1 aliphatic carbocycles. The molecule has 2 unspecified atom stereocenters. The van der Waals surface area contributed by atoms with E-state index >= 15 is 4.39 Å². The number of ketones is 2. The van der Waals surface area contributed by atoms with Crippen molar-refractivity contribution in [3.8, 4) is 11.4 Å². The number of aliphatic hydroxyl groups is 2. The van der Waals surface area contributed by atoms with Crippen molar-refractivity contribution in [2.75, 3.05) is 45.9 Å². The standard InChI is InChI=1S/C59H71FN8O13/c1-4-59(80)41-29-46-55-39(32-68(46)57(78)40(41)33-81-58(59)79)54-43(16-15-38-35(3)42(60)30-45(65-55)53(38)54)63-51(75)20-23-66(25-26-69)24-21-61-49(73)19-17-47(71)44(28-36-11-7-5-8-12-36)64-50(74)18-14-37(70)31-62-48(72)13-9-6-10-22-67-52(76)27-34(2)56(67)77/h5,7-8,11-12,29-30,34,43-44,69,80H,4,6,9-10,13-28,31-33H2,1-3H3,(H,61,73)(H,62,72)(H,63,75)(H,64,74)/t34?,43-,44?,59-/m0/s1. The second-order valence-electron chi connectivity index (χ2n) is 21.5. The lowest BCUT2D eigenvalue weighted by molar-refractivity contribution is -0.172. The van der Waals surface area contributed by atoms with Crippen LogP contribution in [0.4, 0.5) is 4.39 Å². The molecule has 4 aromatic rings. The molecule has 0 radical (unpaired) electrons. The van der Waals surface area contributed by atoms with Crippen LogP contribution in [0.15, 0.2) is 47.3 Å². The first-order valence-electron chi connectivity index (χ1n) is 28.0. The first-order chi connectivity index (χ1) is 38.8. The highest BCUT2D eigenvalue weighted by Crippen LogP contribution is 2.46. The maximum Gasteiger partial charge on any atom is 0.343 e. The van der Waals surface area contributed by atoms with Crippen LogP contribution in [0.25, 0.3) is 22.3 Å². The smallest absolute Gasteiger partial charge is 0.343 e. The Morgan fingerprint density at radius 2 is 1.63 bits per heavy atom. The number of nitrogens with one attached hydrogen (secondary N) is 4. The number of imide groups is 1. The van der Waals surface area contributed by atoms with Crippen molar-refractivity contribution in [3.05, 3.63) is 97.6 Å². The largest absolute Gasteiger partial charge is 0.458 e. The first-order valence-corrected chi connectivity index (χ1v) is 28.0. The Balaban J connectivity index is 0.800. The molecule has 4 aliphatic rings. The topological polar surface area (TPSA) is 293 Å². The number of cyclic esters (lactones) is 1. The Morgan fingerprint density at radius 3 is 2.36 bits per heavy atom. The van der Waals surface area contributed by atoms with E-state index in [4.69, 9.17) is 9.72 Å². The third-order valence-electron chi connectivity index (χ3n) is 16.0. The van der Waals surface area contributed by atoms with Gasteiger partial charge < -0.3 is 40.8 Å². The second-order valence-corrected chi connectivity index (χ2v) is 21.5. The van der Waals surface area contributed by atoms with Gasteiger partial charge >= 0.3 is 5.97 Å². The predicted molar refractivity (Wildman–Crippen MR) is 292 cm³/mol. The number of aromatic nitrogens is 2. The summed E-state index contributed by atoms with van der Waals surface area (Å²) in [5.74, 6) is -4.35. The number of esters is 1. The maximum absolute atomic E-state index is 15.5. The minimum Gasteiger partial charge on any atom is -0.458 e. The Labute approximate surface area is 467 Å². The van der Waals surface area contributed by atoms with Gasteiger partial charge in [0.25, 0.3) is 5.56 Å². The summed E-state index contributed by atoms with van der Waals surface area (Å²) in [5, 5.41) is 33.3. The molecular weight excluding hydrogens is 1050 g/mol. The number of unbranched alkanes of at least 4 members (excludes halogenated alkanes) is 2. The van der Waals surface area contributed by atoms with Crippen LogP contribution >= 0.6 is 0 Å². The monoisotopic (exact) mass is 1120 g/mol. The fraction of sp³-hybridized carbons (Fsp3) is 0.508. The van der Waals surface area contributed by atoms with Crippen LogP contribution in [0.5, 0.6) is 0 Å². The third kappa shape index (κ3) is 13.6. The van der Waals surface area contributed by atoms with Crippen molar-refractivity contribution in [3.63, 3.8) is 0 Å². The minimum atomic E-state index is -2.04. The van der Waals surface area contributed by atoms with Gasteiger partial charge in [-0.05, 0) is 73.8 Å². The summed E-state index contributed by atoms with van der Waals surface area (Å²) in [7, 11) is 0. The summed E-state index contributed by atoms with van der Waals surface area (Å²) in [6.07, 6.45) is 2.27. The molecule has 1 saturated heterocycles. The van der Waals surface area contributed by atoms with Crippen LogP contribution in [0.3, 0.4) is 0 Å². The number of nitrogens with zero attached hydrogens (tertiary/aromatic N) is 4. The Bertz CT molecular complexity index is 3200. The van der Waals surface area contributed by atoms with Crippen molar-refractivity contribution in [2.45, 2.75) is 141 Å². The molecule has 8 rings (SSSR count). The summed E-state index contributed by atoms with van der Waals surface area (Å²) in [6.45, 7) is 5.43. The van der Waals surface area contributed by atoms with Crippen LogP contribution in [-0.2, 0) is 79.5 Å². The molecule has 0 bridgehead atoms. The number of fused-ring (bicyclic) bond motifs is 5. The van der Waals surface area contributed by atoms with E-state index in [1.54, 1.807) is 51.1 Å². The number of ether oxygens (including phenoxy) is 1. The molecule has 6 amide bonds. The molecular formula is C59H71FN8O13. The van der Waals surface area contributed by atoms with Gasteiger partial charge in [-0.3, -0.25) is 53.0 Å². The van der Waals surface area contributed by atoms with Gasteiger partial charge in [0, 0.05) is 106 Å². The Hall–Kier alpha value is -7.56. The van der Waals surface area contributed by atoms with Crippen LogP contribution in [-0.4, -0.2) is 134 Å². The summed E-state index contributed by atoms with van der Waals surface area (Å²) in [6, 6.07) is 10.4. The number of pyridine rings is 2. The van der Waals surface area contributed by atoms with E-state index in [-0.39, 0.29) is 157 Å². The van der Waals surface area contributed by atoms with Gasteiger partial charge in [-0.1, -0.05) is 50.6 Å². The maximum atomic E-state index is 15.5. The molecule has 3 aliphatic heterocycles. The van der Waals surface area contributed by atoms with Gasteiger partial charge in [-0.15, -0.1) is 0 Å². The molecule has 1 fully saturated rings. The average Bonchev–Trinajstić information content (AvgIpc) is 4.13. The summed E-state index contributed by atoms with van der Waals surface area (Å²) < 4.78 is 22.2. The molecule has 81 heavy (non-hydrogen) atoms. The number of rotatable bonds is 28. The lowest BCUT2D eigenvalue weighted by atomic mass is 9.81. The lowest BCUT2D eigenvalue weighted by Gasteiger charge is -2.31. The van der Waals surface area contributed by atoms with E-state index in [1.165, 1.54) is 15.5 Å². The van der Waals surface area contributed by atoms with Crippen molar-refractivity contribution in [1.82, 2.24) is 40.6 Å². The van der Waals surface area contributed by atoms with E-state index in [2.05, 4.69) is 21.3 Å².